The van der Waals surface area contributed by atoms with Gasteiger partial charge in [0.05, 0.1) is 12.0 Å². The smallest absolute Gasteiger partial charge is 0.266 e. The lowest BCUT2D eigenvalue weighted by molar-refractivity contribution is -0.121. The van der Waals surface area contributed by atoms with Crippen LogP contribution < -0.4 is 9.47 Å². The second-order valence-corrected chi connectivity index (χ2v) is 8.33. The molecule has 1 saturated heterocycles. The highest BCUT2D eigenvalue weighted by Crippen LogP contribution is 2.33. The van der Waals surface area contributed by atoms with Crippen LogP contribution >= 0.6 is 39.9 Å². The average molecular weight is 464 g/mol. The van der Waals surface area contributed by atoms with Crippen LogP contribution in [0.3, 0.4) is 0 Å². The van der Waals surface area contributed by atoms with Crippen LogP contribution in [0.15, 0.2) is 51.8 Å². The summed E-state index contributed by atoms with van der Waals surface area (Å²) >= 11 is 10.0. The van der Waals surface area contributed by atoms with E-state index in [1.807, 2.05) is 55.5 Å². The predicted molar refractivity (Wildman–Crippen MR) is 117 cm³/mol. The summed E-state index contributed by atoms with van der Waals surface area (Å²) in [7, 11) is 1.63. The molecule has 1 aliphatic rings. The van der Waals surface area contributed by atoms with Crippen LogP contribution in [-0.2, 0) is 11.4 Å². The number of nitrogens with zero attached hydrogens (tertiary/aromatic N) is 1. The molecule has 0 N–H and O–H groups in total. The van der Waals surface area contributed by atoms with Gasteiger partial charge in [-0.25, -0.2) is 0 Å². The average Bonchev–Trinajstić information content (AvgIpc) is 2.94. The molecule has 27 heavy (non-hydrogen) atoms. The maximum atomic E-state index is 12.4. The topological polar surface area (TPSA) is 38.8 Å². The fraction of sp³-hybridized carbons (Fsp3) is 0.200. The Hall–Kier alpha value is -1.83. The highest BCUT2D eigenvalue weighted by atomic mass is 79.9. The Morgan fingerprint density at radius 3 is 2.59 bits per heavy atom. The number of hydrogen-bond acceptors (Lipinski definition) is 5. The number of benzene rings is 2. The van der Waals surface area contributed by atoms with Crippen molar-refractivity contribution < 1.29 is 14.3 Å². The molecule has 0 aliphatic carbocycles. The lowest BCUT2D eigenvalue weighted by Crippen LogP contribution is -2.27. The molecular formula is C20H18BrNO3S2. The number of thioether (sulfide) groups is 1. The van der Waals surface area contributed by atoms with Gasteiger partial charge in [0.25, 0.3) is 5.91 Å². The second kappa shape index (κ2) is 8.91. The number of carbonyl (C=O) groups is 1. The van der Waals surface area contributed by atoms with Crippen LogP contribution in [0.25, 0.3) is 6.08 Å². The Kier molecular flexibility index (Phi) is 6.57. The Bertz CT molecular complexity index is 897. The van der Waals surface area contributed by atoms with E-state index in [1.165, 1.54) is 11.8 Å². The number of amides is 1. The van der Waals surface area contributed by atoms with E-state index in [-0.39, 0.29) is 5.91 Å². The molecule has 2 aromatic carbocycles. The first kappa shape index (κ1) is 19.9. The van der Waals surface area contributed by atoms with Gasteiger partial charge in [0.2, 0.25) is 0 Å². The van der Waals surface area contributed by atoms with Crippen LogP contribution in [0.4, 0.5) is 0 Å². The molecule has 0 radical (unpaired) electrons. The molecule has 0 saturated carbocycles. The zero-order valence-corrected chi connectivity index (χ0v) is 18.1. The van der Waals surface area contributed by atoms with Gasteiger partial charge in [-0.15, -0.1) is 0 Å². The van der Waals surface area contributed by atoms with Crippen molar-refractivity contribution in [2.45, 2.75) is 13.5 Å². The predicted octanol–water partition coefficient (Wildman–Crippen LogP) is 5.26. The van der Waals surface area contributed by atoms with Gasteiger partial charge in [0.15, 0.2) is 0 Å². The number of carbonyl (C=O) groups excluding carboxylic acids is 1. The minimum atomic E-state index is -0.0454. The molecule has 0 unspecified atom stereocenters. The number of methoxy groups -OCH3 is 1. The first-order chi connectivity index (χ1) is 13.0. The van der Waals surface area contributed by atoms with E-state index in [4.69, 9.17) is 21.7 Å². The first-order valence-corrected chi connectivity index (χ1v) is 10.3. The summed E-state index contributed by atoms with van der Waals surface area (Å²) in [5, 5.41) is 0. The molecule has 1 amide bonds. The second-order valence-electron chi connectivity index (χ2n) is 5.74. The highest BCUT2D eigenvalue weighted by molar-refractivity contribution is 9.10. The molecule has 2 aromatic rings. The monoisotopic (exact) mass is 463 g/mol. The van der Waals surface area contributed by atoms with Gasteiger partial charge in [-0.05, 0) is 55.0 Å². The maximum Gasteiger partial charge on any atom is 0.266 e. The van der Waals surface area contributed by atoms with E-state index < -0.39 is 0 Å². The third kappa shape index (κ3) is 4.72. The molecule has 1 heterocycles. The van der Waals surface area contributed by atoms with Crippen LogP contribution in [0.5, 0.6) is 11.5 Å². The van der Waals surface area contributed by atoms with Crippen molar-refractivity contribution in [1.82, 2.24) is 4.90 Å². The number of halogens is 1. The Morgan fingerprint density at radius 1 is 1.22 bits per heavy atom. The lowest BCUT2D eigenvalue weighted by Gasteiger charge is -2.12. The van der Waals surface area contributed by atoms with Crippen LogP contribution in [0.2, 0.25) is 0 Å². The minimum Gasteiger partial charge on any atom is -0.496 e. The normalized spacial score (nSPS) is 15.5. The standard InChI is InChI=1S/C20H18BrNO3S2/c1-3-22-19(23)18(27-20(22)26)11-13-4-9-17(24-2)14(10-13)12-25-16-7-5-15(21)6-8-16/h4-11H,3,12H2,1-2H3/b18-11+. The third-order valence-electron chi connectivity index (χ3n) is 4.00. The molecular weight excluding hydrogens is 446 g/mol. The van der Waals surface area contributed by atoms with Gasteiger partial charge in [0, 0.05) is 16.6 Å². The maximum absolute atomic E-state index is 12.4. The number of thiocarbonyl (C=S) groups is 1. The van der Waals surface area contributed by atoms with Gasteiger partial charge in [-0.3, -0.25) is 9.69 Å². The Morgan fingerprint density at radius 2 is 1.96 bits per heavy atom. The van der Waals surface area contributed by atoms with Gasteiger partial charge >= 0.3 is 0 Å². The van der Waals surface area contributed by atoms with Crippen molar-refractivity contribution in [3.63, 3.8) is 0 Å². The summed E-state index contributed by atoms with van der Waals surface area (Å²) in [4.78, 5) is 14.6. The molecule has 0 bridgehead atoms. The fourth-order valence-corrected chi connectivity index (χ4v) is 4.27. The molecule has 7 heteroatoms. The fourth-order valence-electron chi connectivity index (χ4n) is 2.62. The summed E-state index contributed by atoms with van der Waals surface area (Å²) in [5.41, 5.74) is 1.81. The summed E-state index contributed by atoms with van der Waals surface area (Å²) in [6, 6.07) is 13.4. The first-order valence-electron chi connectivity index (χ1n) is 8.32. The molecule has 0 spiro atoms. The molecule has 3 rings (SSSR count). The van der Waals surface area contributed by atoms with Gasteiger partial charge in [-0.2, -0.15) is 0 Å². The van der Waals surface area contributed by atoms with Crippen molar-refractivity contribution in [2.75, 3.05) is 13.7 Å². The van der Waals surface area contributed by atoms with Crippen molar-refractivity contribution >= 4 is 56.2 Å². The molecule has 1 fully saturated rings. The van der Waals surface area contributed by atoms with Crippen molar-refractivity contribution in [3.8, 4) is 11.5 Å². The van der Waals surface area contributed by atoms with E-state index in [0.29, 0.717) is 22.4 Å². The number of rotatable bonds is 6. The molecule has 140 valence electrons. The summed E-state index contributed by atoms with van der Waals surface area (Å²) < 4.78 is 12.9. The largest absolute Gasteiger partial charge is 0.496 e. The van der Waals surface area contributed by atoms with Gasteiger partial charge < -0.3 is 9.47 Å². The van der Waals surface area contributed by atoms with E-state index >= 15 is 0 Å². The molecule has 1 aliphatic heterocycles. The van der Waals surface area contributed by atoms with Gasteiger partial charge in [-0.1, -0.05) is 46.0 Å². The molecule has 0 aromatic heterocycles. The van der Waals surface area contributed by atoms with E-state index in [0.717, 1.165) is 27.1 Å². The number of hydrogen-bond donors (Lipinski definition) is 0. The van der Waals surface area contributed by atoms with E-state index in [1.54, 1.807) is 12.0 Å². The molecule has 0 atom stereocenters. The van der Waals surface area contributed by atoms with Crippen molar-refractivity contribution in [1.29, 1.82) is 0 Å². The number of likely N-dealkylation sites (N-methyl/N-ethyl adjacent to an activating group) is 1. The summed E-state index contributed by atoms with van der Waals surface area (Å²) in [6.45, 7) is 2.86. The number of ether oxygens (including phenoxy) is 2. The highest BCUT2D eigenvalue weighted by Gasteiger charge is 2.30. The van der Waals surface area contributed by atoms with E-state index in [2.05, 4.69) is 15.9 Å². The summed E-state index contributed by atoms with van der Waals surface area (Å²) in [6.07, 6.45) is 1.86. The summed E-state index contributed by atoms with van der Waals surface area (Å²) in [5.74, 6) is 1.47. The van der Waals surface area contributed by atoms with Crippen LogP contribution in [0.1, 0.15) is 18.1 Å². The van der Waals surface area contributed by atoms with Gasteiger partial charge in [0.1, 0.15) is 22.4 Å². The Balaban J connectivity index is 1.81. The zero-order chi connectivity index (χ0) is 19.4. The zero-order valence-electron chi connectivity index (χ0n) is 14.9. The van der Waals surface area contributed by atoms with Crippen molar-refractivity contribution in [3.05, 3.63) is 63.0 Å². The minimum absolute atomic E-state index is 0.0454. The lowest BCUT2D eigenvalue weighted by atomic mass is 10.1. The van der Waals surface area contributed by atoms with Crippen molar-refractivity contribution in [2.24, 2.45) is 0 Å². The van der Waals surface area contributed by atoms with Crippen LogP contribution in [-0.4, -0.2) is 28.8 Å². The third-order valence-corrected chi connectivity index (χ3v) is 5.91. The van der Waals surface area contributed by atoms with E-state index in [9.17, 15) is 4.79 Å². The molecule has 4 nitrogen and oxygen atoms in total. The van der Waals surface area contributed by atoms with Crippen LogP contribution in [0, 0.1) is 0 Å². The Labute approximate surface area is 176 Å². The SMILES string of the molecule is CCN1C(=O)/C(=C\c2ccc(OC)c(COc3ccc(Br)cc3)c2)SC1=S. The quantitative estimate of drug-likeness (QED) is 0.431.